The number of hydrogen-bond acceptors (Lipinski definition) is 1. The number of benzene rings is 1. The molecule has 1 N–H and O–H groups in total. The lowest BCUT2D eigenvalue weighted by molar-refractivity contribution is 0.211. The van der Waals surface area contributed by atoms with Crippen molar-refractivity contribution >= 4 is 6.03 Å². The van der Waals surface area contributed by atoms with Crippen LogP contribution in [0, 0.1) is 11.6 Å². The number of nitrogens with zero attached hydrogens (tertiary/aromatic N) is 1. The number of nitrogens with one attached hydrogen (secondary N) is 1. The van der Waals surface area contributed by atoms with Gasteiger partial charge in [0.1, 0.15) is 11.6 Å². The maximum absolute atomic E-state index is 13.2. The van der Waals surface area contributed by atoms with E-state index in [1.807, 2.05) is 0 Å². The Morgan fingerprint density at radius 2 is 2.12 bits per heavy atom. The van der Waals surface area contributed by atoms with Gasteiger partial charge in [0.25, 0.3) is 0 Å². The summed E-state index contributed by atoms with van der Waals surface area (Å²) < 4.78 is 26.1. The molecule has 1 aromatic carbocycles. The van der Waals surface area contributed by atoms with E-state index in [9.17, 15) is 13.6 Å². The Balaban J connectivity index is 2.60. The zero-order valence-corrected chi connectivity index (χ0v) is 9.26. The summed E-state index contributed by atoms with van der Waals surface area (Å²) in [5.74, 6) is -0.925. The van der Waals surface area contributed by atoms with E-state index in [1.54, 1.807) is 7.05 Å². The molecule has 0 bridgehead atoms. The third kappa shape index (κ3) is 3.18. The maximum Gasteiger partial charge on any atom is 0.316 e. The van der Waals surface area contributed by atoms with E-state index in [2.05, 4.69) is 5.32 Å². The topological polar surface area (TPSA) is 32.3 Å². The third-order valence-electron chi connectivity index (χ3n) is 2.28. The second-order valence-electron chi connectivity index (χ2n) is 3.46. The standard InChI is InChI=1S/C11H14F2N2O/c1-14-11(16)15(2)6-5-8-7-9(12)3-4-10(8)13/h3-4,7H,5-6H2,1-2H3,(H,14,16). The van der Waals surface area contributed by atoms with Crippen LogP contribution in [0.4, 0.5) is 13.6 Å². The van der Waals surface area contributed by atoms with E-state index in [0.29, 0.717) is 6.54 Å². The number of amides is 2. The molecule has 1 aromatic rings. The van der Waals surface area contributed by atoms with Crippen molar-refractivity contribution in [3.05, 3.63) is 35.4 Å². The predicted molar refractivity (Wildman–Crippen MR) is 57.1 cm³/mol. The van der Waals surface area contributed by atoms with Crippen LogP contribution < -0.4 is 5.32 Å². The van der Waals surface area contributed by atoms with E-state index >= 15 is 0 Å². The molecule has 0 aliphatic rings. The van der Waals surface area contributed by atoms with Crippen LogP contribution in [0.2, 0.25) is 0 Å². The first kappa shape index (κ1) is 12.4. The van der Waals surface area contributed by atoms with Crippen molar-refractivity contribution in [1.82, 2.24) is 10.2 Å². The number of likely N-dealkylation sites (N-methyl/N-ethyl adjacent to an activating group) is 1. The number of carbonyl (C=O) groups is 1. The van der Waals surface area contributed by atoms with E-state index in [-0.39, 0.29) is 18.0 Å². The minimum atomic E-state index is -0.473. The second kappa shape index (κ2) is 5.44. The summed E-state index contributed by atoms with van der Waals surface area (Å²) in [4.78, 5) is 12.5. The van der Waals surface area contributed by atoms with Gasteiger partial charge in [0.2, 0.25) is 0 Å². The van der Waals surface area contributed by atoms with Gasteiger partial charge in [-0.25, -0.2) is 13.6 Å². The molecule has 0 saturated carbocycles. The summed E-state index contributed by atoms with van der Waals surface area (Å²) >= 11 is 0. The molecule has 1 rings (SSSR count). The summed E-state index contributed by atoms with van der Waals surface area (Å²) in [6, 6.07) is 3.05. The van der Waals surface area contributed by atoms with Crippen molar-refractivity contribution in [3.8, 4) is 0 Å². The van der Waals surface area contributed by atoms with Crippen LogP contribution in [-0.4, -0.2) is 31.6 Å². The van der Waals surface area contributed by atoms with E-state index in [1.165, 1.54) is 11.9 Å². The molecule has 0 unspecified atom stereocenters. The molecule has 5 heteroatoms. The monoisotopic (exact) mass is 228 g/mol. The molecule has 0 aliphatic carbocycles. The molecule has 2 amide bonds. The first-order valence-electron chi connectivity index (χ1n) is 4.91. The first-order valence-corrected chi connectivity index (χ1v) is 4.91. The highest BCUT2D eigenvalue weighted by atomic mass is 19.1. The average Bonchev–Trinajstić information content (AvgIpc) is 2.28. The second-order valence-corrected chi connectivity index (χ2v) is 3.46. The smallest absolute Gasteiger partial charge is 0.316 e. The van der Waals surface area contributed by atoms with Crippen LogP contribution in [0.1, 0.15) is 5.56 Å². The van der Waals surface area contributed by atoms with Crippen molar-refractivity contribution < 1.29 is 13.6 Å². The lowest BCUT2D eigenvalue weighted by Gasteiger charge is -2.16. The molecule has 0 heterocycles. The molecule has 0 aliphatic heterocycles. The summed E-state index contributed by atoms with van der Waals surface area (Å²) in [6.45, 7) is 0.333. The summed E-state index contributed by atoms with van der Waals surface area (Å²) in [5.41, 5.74) is 0.274. The molecular formula is C11H14F2N2O. The van der Waals surface area contributed by atoms with E-state index in [4.69, 9.17) is 0 Å². The summed E-state index contributed by atoms with van der Waals surface area (Å²) in [6.07, 6.45) is 0.285. The van der Waals surface area contributed by atoms with Crippen molar-refractivity contribution in [3.63, 3.8) is 0 Å². The van der Waals surface area contributed by atoms with Gasteiger partial charge in [-0.15, -0.1) is 0 Å². The van der Waals surface area contributed by atoms with Crippen LogP contribution in [0.25, 0.3) is 0 Å². The van der Waals surface area contributed by atoms with Gasteiger partial charge < -0.3 is 10.2 Å². The van der Waals surface area contributed by atoms with Gasteiger partial charge in [-0.3, -0.25) is 0 Å². The quantitative estimate of drug-likeness (QED) is 0.840. The lowest BCUT2D eigenvalue weighted by atomic mass is 10.1. The van der Waals surface area contributed by atoms with Crippen LogP contribution >= 0.6 is 0 Å². The Morgan fingerprint density at radius 1 is 1.44 bits per heavy atom. The Hall–Kier alpha value is -1.65. The molecule has 0 spiro atoms. The Labute approximate surface area is 93.1 Å². The van der Waals surface area contributed by atoms with E-state index in [0.717, 1.165) is 18.2 Å². The maximum atomic E-state index is 13.2. The zero-order valence-electron chi connectivity index (χ0n) is 9.26. The van der Waals surface area contributed by atoms with Gasteiger partial charge in [-0.1, -0.05) is 0 Å². The fourth-order valence-electron chi connectivity index (χ4n) is 1.32. The van der Waals surface area contributed by atoms with Gasteiger partial charge in [-0.05, 0) is 30.2 Å². The first-order chi connectivity index (χ1) is 7.54. The Bertz CT molecular complexity index is 382. The highest BCUT2D eigenvalue weighted by Crippen LogP contribution is 2.10. The van der Waals surface area contributed by atoms with E-state index < -0.39 is 11.6 Å². The molecule has 0 saturated heterocycles. The molecule has 0 fully saturated rings. The van der Waals surface area contributed by atoms with Gasteiger partial charge in [0, 0.05) is 20.6 Å². The van der Waals surface area contributed by atoms with Crippen molar-refractivity contribution in [1.29, 1.82) is 0 Å². The predicted octanol–water partition coefficient (Wildman–Crippen LogP) is 1.78. The van der Waals surface area contributed by atoms with Crippen molar-refractivity contribution in [2.24, 2.45) is 0 Å². The lowest BCUT2D eigenvalue weighted by Crippen LogP contribution is -2.36. The Morgan fingerprint density at radius 3 is 2.75 bits per heavy atom. The largest absolute Gasteiger partial charge is 0.341 e. The zero-order chi connectivity index (χ0) is 12.1. The summed E-state index contributed by atoms with van der Waals surface area (Å²) in [7, 11) is 3.11. The van der Waals surface area contributed by atoms with Gasteiger partial charge in [0.15, 0.2) is 0 Å². The number of carbonyl (C=O) groups excluding carboxylic acids is 1. The normalized spacial score (nSPS) is 10.0. The van der Waals surface area contributed by atoms with Gasteiger partial charge in [-0.2, -0.15) is 0 Å². The average molecular weight is 228 g/mol. The van der Waals surface area contributed by atoms with Crippen LogP contribution in [-0.2, 0) is 6.42 Å². The molecular weight excluding hydrogens is 214 g/mol. The highest BCUT2D eigenvalue weighted by Gasteiger charge is 2.08. The van der Waals surface area contributed by atoms with Crippen LogP contribution in [0.15, 0.2) is 18.2 Å². The SMILES string of the molecule is CNC(=O)N(C)CCc1cc(F)ccc1F. The fourth-order valence-corrected chi connectivity index (χ4v) is 1.32. The van der Waals surface area contributed by atoms with Crippen LogP contribution in [0.3, 0.4) is 0 Å². The molecule has 0 atom stereocenters. The summed E-state index contributed by atoms with van der Waals surface area (Å²) in [5, 5.41) is 2.45. The van der Waals surface area contributed by atoms with Crippen molar-refractivity contribution in [2.75, 3.05) is 20.6 Å². The minimum Gasteiger partial charge on any atom is -0.341 e. The number of rotatable bonds is 3. The highest BCUT2D eigenvalue weighted by molar-refractivity contribution is 5.73. The molecule has 3 nitrogen and oxygen atoms in total. The molecule has 88 valence electrons. The fraction of sp³-hybridized carbons (Fsp3) is 0.364. The number of halogens is 2. The molecule has 16 heavy (non-hydrogen) atoms. The third-order valence-corrected chi connectivity index (χ3v) is 2.28. The Kier molecular flexibility index (Phi) is 4.22. The molecule has 0 radical (unpaired) electrons. The van der Waals surface area contributed by atoms with Gasteiger partial charge >= 0.3 is 6.03 Å². The number of hydrogen-bond donors (Lipinski definition) is 1. The molecule has 0 aromatic heterocycles. The van der Waals surface area contributed by atoms with Crippen molar-refractivity contribution in [2.45, 2.75) is 6.42 Å². The van der Waals surface area contributed by atoms with Crippen LogP contribution in [0.5, 0.6) is 0 Å². The minimum absolute atomic E-state index is 0.253. The number of urea groups is 1. The van der Waals surface area contributed by atoms with Gasteiger partial charge in [0.05, 0.1) is 0 Å².